The molecule has 0 bridgehead atoms. The van der Waals surface area contributed by atoms with Gasteiger partial charge in [0.15, 0.2) is 0 Å². The average Bonchev–Trinajstić information content (AvgIpc) is 2.72. The van der Waals surface area contributed by atoms with Crippen LogP contribution in [0.1, 0.15) is 21.1 Å². The predicted octanol–water partition coefficient (Wildman–Crippen LogP) is 3.91. The van der Waals surface area contributed by atoms with Crippen molar-refractivity contribution in [3.05, 3.63) is 44.4 Å². The van der Waals surface area contributed by atoms with Gasteiger partial charge in [-0.2, -0.15) is 5.26 Å². The summed E-state index contributed by atoms with van der Waals surface area (Å²) in [7, 11) is 0. The summed E-state index contributed by atoms with van der Waals surface area (Å²) in [6.45, 7) is 4.35. The second kappa shape index (κ2) is 6.05. The van der Waals surface area contributed by atoms with Crippen LogP contribution in [0, 0.1) is 25.2 Å². The monoisotopic (exact) mass is 292 g/mol. The van der Waals surface area contributed by atoms with E-state index >= 15 is 0 Å². The Hall–Kier alpha value is -1.57. The summed E-state index contributed by atoms with van der Waals surface area (Å²) in [6.07, 6.45) is 0.704. The van der Waals surface area contributed by atoms with Crippen LogP contribution in [0.5, 0.6) is 5.75 Å². The van der Waals surface area contributed by atoms with E-state index in [-0.39, 0.29) is 0 Å². The highest BCUT2D eigenvalue weighted by atomic mass is 35.5. The van der Waals surface area contributed by atoms with Crippen LogP contribution in [0.25, 0.3) is 0 Å². The van der Waals surface area contributed by atoms with Gasteiger partial charge in [0.05, 0.1) is 17.3 Å². The Bertz CT molecular complexity index is 631. The fraction of sp³-hybridized carbons (Fsp3) is 0.286. The number of rotatable bonds is 4. The van der Waals surface area contributed by atoms with Crippen LogP contribution < -0.4 is 4.74 Å². The molecule has 0 amide bonds. The van der Waals surface area contributed by atoms with Crippen LogP contribution in [0.2, 0.25) is 5.02 Å². The topological polar surface area (TPSA) is 45.9 Å². The van der Waals surface area contributed by atoms with Crippen molar-refractivity contribution in [1.29, 1.82) is 5.26 Å². The Balaban J connectivity index is 1.94. The van der Waals surface area contributed by atoms with Crippen LogP contribution in [0.4, 0.5) is 0 Å². The number of aromatic nitrogens is 1. The van der Waals surface area contributed by atoms with Crippen LogP contribution in [0.3, 0.4) is 0 Å². The molecule has 0 aliphatic rings. The number of hydrogen-bond donors (Lipinski definition) is 0. The molecule has 3 nitrogen and oxygen atoms in total. The van der Waals surface area contributed by atoms with Gasteiger partial charge in [-0.25, -0.2) is 4.98 Å². The molecule has 0 unspecified atom stereocenters. The third-order valence-electron chi connectivity index (χ3n) is 2.65. The van der Waals surface area contributed by atoms with Crippen molar-refractivity contribution in [3.63, 3.8) is 0 Å². The molecule has 0 saturated heterocycles. The third-order valence-corrected chi connectivity index (χ3v) is 4.01. The lowest BCUT2D eigenvalue weighted by Crippen LogP contribution is -2.02. The summed E-state index contributed by atoms with van der Waals surface area (Å²) in [5, 5.41) is 10.5. The summed E-state index contributed by atoms with van der Waals surface area (Å²) in [6, 6.07) is 7.69. The second-order valence-electron chi connectivity index (χ2n) is 4.14. The molecule has 0 saturated carbocycles. The van der Waals surface area contributed by atoms with Gasteiger partial charge in [0.2, 0.25) is 0 Å². The van der Waals surface area contributed by atoms with E-state index in [1.807, 2.05) is 32.0 Å². The van der Waals surface area contributed by atoms with Gasteiger partial charge in [-0.15, -0.1) is 11.3 Å². The van der Waals surface area contributed by atoms with E-state index in [0.717, 1.165) is 22.0 Å². The van der Waals surface area contributed by atoms with Gasteiger partial charge in [-0.05, 0) is 37.6 Å². The van der Waals surface area contributed by atoms with Crippen LogP contribution in [0.15, 0.2) is 18.2 Å². The van der Waals surface area contributed by atoms with Crippen molar-refractivity contribution in [2.24, 2.45) is 0 Å². The Morgan fingerprint density at radius 2 is 2.21 bits per heavy atom. The van der Waals surface area contributed by atoms with Crippen LogP contribution >= 0.6 is 22.9 Å². The molecule has 0 N–H and O–H groups in total. The molecular weight excluding hydrogens is 280 g/mol. The van der Waals surface area contributed by atoms with E-state index in [0.29, 0.717) is 22.9 Å². The number of thiazole rings is 1. The first-order valence-corrected chi connectivity index (χ1v) is 7.05. The van der Waals surface area contributed by atoms with Gasteiger partial charge >= 0.3 is 0 Å². The van der Waals surface area contributed by atoms with Gasteiger partial charge in [-0.1, -0.05) is 11.6 Å². The van der Waals surface area contributed by atoms with Gasteiger partial charge < -0.3 is 4.74 Å². The van der Waals surface area contributed by atoms with Crippen LogP contribution in [-0.2, 0) is 6.42 Å². The summed E-state index contributed by atoms with van der Waals surface area (Å²) in [4.78, 5) is 5.02. The predicted molar refractivity (Wildman–Crippen MR) is 77.0 cm³/mol. The fourth-order valence-electron chi connectivity index (χ4n) is 1.69. The number of hydrogen-bond acceptors (Lipinski definition) is 4. The maximum Gasteiger partial charge on any atom is 0.127 e. The smallest absolute Gasteiger partial charge is 0.127 e. The fourth-order valence-corrected chi connectivity index (χ4v) is 2.76. The lowest BCUT2D eigenvalue weighted by Gasteiger charge is -2.08. The van der Waals surface area contributed by atoms with Gasteiger partial charge in [0, 0.05) is 11.4 Å². The van der Waals surface area contributed by atoms with Gasteiger partial charge in [0.25, 0.3) is 0 Å². The van der Waals surface area contributed by atoms with Gasteiger partial charge in [-0.3, -0.25) is 0 Å². The van der Waals surface area contributed by atoms with Crippen molar-refractivity contribution in [2.75, 3.05) is 6.61 Å². The van der Waals surface area contributed by atoms with E-state index in [1.54, 1.807) is 0 Å². The zero-order valence-corrected chi connectivity index (χ0v) is 12.3. The van der Waals surface area contributed by atoms with Crippen molar-refractivity contribution in [3.8, 4) is 11.8 Å². The Labute approximate surface area is 121 Å². The molecule has 2 rings (SSSR count). The minimum absolute atomic E-state index is 0.542. The standard InChI is InChI=1S/C14H13ClN2OS/c1-9-7-11(15)3-4-12(9)18-6-5-14-17-10(2)13(8-16)19-14/h3-4,7H,5-6H2,1-2H3. The number of nitriles is 1. The molecule has 0 spiro atoms. The summed E-state index contributed by atoms with van der Waals surface area (Å²) in [5.41, 5.74) is 1.81. The maximum absolute atomic E-state index is 8.87. The summed E-state index contributed by atoms with van der Waals surface area (Å²) >= 11 is 7.32. The number of aryl methyl sites for hydroxylation is 2. The van der Waals surface area contributed by atoms with E-state index in [9.17, 15) is 0 Å². The maximum atomic E-state index is 8.87. The Morgan fingerprint density at radius 1 is 1.42 bits per heavy atom. The molecule has 0 aliphatic carbocycles. The van der Waals surface area contributed by atoms with Crippen molar-refractivity contribution in [2.45, 2.75) is 20.3 Å². The molecule has 0 fully saturated rings. The SMILES string of the molecule is Cc1cc(Cl)ccc1OCCc1nc(C)c(C#N)s1. The average molecular weight is 293 g/mol. The van der Waals surface area contributed by atoms with Crippen molar-refractivity contribution >= 4 is 22.9 Å². The minimum Gasteiger partial charge on any atom is -0.493 e. The first-order chi connectivity index (χ1) is 9.10. The molecule has 1 aromatic heterocycles. The Morgan fingerprint density at radius 3 is 2.84 bits per heavy atom. The second-order valence-corrected chi connectivity index (χ2v) is 5.66. The summed E-state index contributed by atoms with van der Waals surface area (Å²) in [5.74, 6) is 0.832. The number of nitrogens with zero attached hydrogens (tertiary/aromatic N) is 2. The summed E-state index contributed by atoms with van der Waals surface area (Å²) < 4.78 is 5.70. The molecule has 19 heavy (non-hydrogen) atoms. The van der Waals surface area contributed by atoms with E-state index in [1.165, 1.54) is 11.3 Å². The molecule has 2 aromatic rings. The largest absolute Gasteiger partial charge is 0.493 e. The van der Waals surface area contributed by atoms with Crippen LogP contribution in [-0.4, -0.2) is 11.6 Å². The lowest BCUT2D eigenvalue weighted by atomic mass is 10.2. The van der Waals surface area contributed by atoms with Crippen molar-refractivity contribution < 1.29 is 4.74 Å². The molecule has 0 atom stereocenters. The first-order valence-electron chi connectivity index (χ1n) is 5.85. The zero-order chi connectivity index (χ0) is 13.8. The molecule has 1 heterocycles. The number of halogens is 1. The molecular formula is C14H13ClN2OS. The number of ether oxygens (including phenoxy) is 1. The first kappa shape index (κ1) is 13.9. The highest BCUT2D eigenvalue weighted by Gasteiger charge is 2.07. The molecule has 98 valence electrons. The number of benzene rings is 1. The van der Waals surface area contributed by atoms with E-state index < -0.39 is 0 Å². The minimum atomic E-state index is 0.542. The quantitative estimate of drug-likeness (QED) is 0.858. The Kier molecular flexibility index (Phi) is 4.41. The highest BCUT2D eigenvalue weighted by Crippen LogP contribution is 2.22. The van der Waals surface area contributed by atoms with E-state index in [4.69, 9.17) is 21.6 Å². The third kappa shape index (κ3) is 3.46. The molecule has 0 radical (unpaired) electrons. The molecule has 5 heteroatoms. The molecule has 1 aromatic carbocycles. The van der Waals surface area contributed by atoms with Crippen molar-refractivity contribution in [1.82, 2.24) is 4.98 Å². The highest BCUT2D eigenvalue weighted by molar-refractivity contribution is 7.12. The van der Waals surface area contributed by atoms with E-state index in [2.05, 4.69) is 11.1 Å². The molecule has 0 aliphatic heterocycles. The lowest BCUT2D eigenvalue weighted by molar-refractivity contribution is 0.319. The zero-order valence-electron chi connectivity index (χ0n) is 10.7. The normalized spacial score (nSPS) is 10.2. The van der Waals surface area contributed by atoms with Gasteiger partial charge in [0.1, 0.15) is 16.7 Å².